The highest BCUT2D eigenvalue weighted by atomic mass is 35.5. The Labute approximate surface area is 178 Å². The molecule has 0 aliphatic rings. The van der Waals surface area contributed by atoms with Crippen molar-refractivity contribution in [1.29, 1.82) is 0 Å². The second kappa shape index (κ2) is 7.32. The number of carbonyl (C=O) groups is 1. The maximum atomic E-state index is 12.6. The number of rotatable bonds is 3. The molecular weight excluding hydrogens is 396 g/mol. The van der Waals surface area contributed by atoms with Crippen molar-refractivity contribution in [3.8, 4) is 11.5 Å². The standard InChI is InChI=1S/C25H17ClN2O2/c1-15-6-2-3-7-17(15)24(29)27-16-12-13-23-22(14-16)28-25(30-23)20-10-4-9-19-18(20)8-5-11-21(19)26/h2-14H,1H3,(H,27,29). The number of oxazole rings is 1. The molecule has 0 saturated heterocycles. The Hall–Kier alpha value is -3.63. The summed E-state index contributed by atoms with van der Waals surface area (Å²) in [5, 5.41) is 5.55. The Morgan fingerprint density at radius 3 is 2.60 bits per heavy atom. The van der Waals surface area contributed by atoms with E-state index in [1.54, 1.807) is 0 Å². The van der Waals surface area contributed by atoms with Crippen LogP contribution in [0.1, 0.15) is 15.9 Å². The van der Waals surface area contributed by atoms with Gasteiger partial charge in [0.1, 0.15) is 5.52 Å². The van der Waals surface area contributed by atoms with Crippen molar-refractivity contribution in [3.63, 3.8) is 0 Å². The second-order valence-corrected chi connectivity index (χ2v) is 7.52. The molecule has 0 bridgehead atoms. The van der Waals surface area contributed by atoms with Gasteiger partial charge in [-0.1, -0.05) is 54.1 Å². The van der Waals surface area contributed by atoms with Gasteiger partial charge in [0, 0.05) is 27.2 Å². The summed E-state index contributed by atoms with van der Waals surface area (Å²) in [6.45, 7) is 1.92. The van der Waals surface area contributed by atoms with Crippen LogP contribution in [0.3, 0.4) is 0 Å². The lowest BCUT2D eigenvalue weighted by Crippen LogP contribution is -2.13. The average Bonchev–Trinajstić information content (AvgIpc) is 3.17. The fourth-order valence-electron chi connectivity index (χ4n) is 3.60. The molecule has 30 heavy (non-hydrogen) atoms. The molecule has 5 rings (SSSR count). The molecule has 0 saturated carbocycles. The monoisotopic (exact) mass is 412 g/mol. The molecule has 5 heteroatoms. The van der Waals surface area contributed by atoms with Gasteiger partial charge >= 0.3 is 0 Å². The van der Waals surface area contributed by atoms with Crippen LogP contribution in [-0.2, 0) is 0 Å². The van der Waals surface area contributed by atoms with Crippen molar-refractivity contribution in [2.45, 2.75) is 6.92 Å². The highest BCUT2D eigenvalue weighted by Crippen LogP contribution is 2.34. The molecule has 0 unspecified atom stereocenters. The van der Waals surface area contributed by atoms with E-state index in [4.69, 9.17) is 16.0 Å². The van der Waals surface area contributed by atoms with Gasteiger partial charge in [0.2, 0.25) is 5.89 Å². The lowest BCUT2D eigenvalue weighted by Gasteiger charge is -2.07. The summed E-state index contributed by atoms with van der Waals surface area (Å²) in [4.78, 5) is 17.3. The van der Waals surface area contributed by atoms with Gasteiger partial charge in [0.25, 0.3) is 5.91 Å². The summed E-state index contributed by atoms with van der Waals surface area (Å²) in [5.74, 6) is 0.361. The highest BCUT2D eigenvalue weighted by molar-refractivity contribution is 6.35. The zero-order valence-electron chi connectivity index (χ0n) is 16.1. The van der Waals surface area contributed by atoms with Crippen LogP contribution < -0.4 is 5.32 Å². The summed E-state index contributed by atoms with van der Waals surface area (Å²) < 4.78 is 6.00. The Bertz CT molecular complexity index is 1420. The fraction of sp³-hybridized carbons (Fsp3) is 0.0400. The number of halogens is 1. The lowest BCUT2D eigenvalue weighted by atomic mass is 10.0. The SMILES string of the molecule is Cc1ccccc1C(=O)Nc1ccc2oc(-c3cccc4c(Cl)cccc34)nc2c1. The number of hydrogen-bond donors (Lipinski definition) is 1. The molecule has 0 aliphatic carbocycles. The van der Waals surface area contributed by atoms with Crippen LogP contribution in [0.5, 0.6) is 0 Å². The quantitative estimate of drug-likeness (QED) is 0.352. The molecule has 5 aromatic rings. The van der Waals surface area contributed by atoms with Crippen LogP contribution in [-0.4, -0.2) is 10.9 Å². The summed E-state index contributed by atoms with van der Waals surface area (Å²) in [7, 11) is 0. The molecule has 0 radical (unpaired) electrons. The number of anilines is 1. The van der Waals surface area contributed by atoms with Crippen molar-refractivity contribution in [3.05, 3.63) is 95.0 Å². The maximum Gasteiger partial charge on any atom is 0.255 e. The van der Waals surface area contributed by atoms with Crippen LogP contribution in [0.4, 0.5) is 5.69 Å². The third-order valence-corrected chi connectivity index (χ3v) is 5.46. The molecule has 1 heterocycles. The fourth-order valence-corrected chi connectivity index (χ4v) is 3.84. The van der Waals surface area contributed by atoms with Gasteiger partial charge in [-0.3, -0.25) is 4.79 Å². The molecule has 1 amide bonds. The van der Waals surface area contributed by atoms with Gasteiger partial charge in [-0.25, -0.2) is 4.98 Å². The third-order valence-electron chi connectivity index (χ3n) is 5.13. The van der Waals surface area contributed by atoms with Crippen molar-refractivity contribution in [2.75, 3.05) is 5.32 Å². The predicted molar refractivity (Wildman–Crippen MR) is 121 cm³/mol. The molecule has 4 nitrogen and oxygen atoms in total. The molecule has 1 aromatic heterocycles. The number of nitrogens with one attached hydrogen (secondary N) is 1. The van der Waals surface area contributed by atoms with Crippen molar-refractivity contribution in [1.82, 2.24) is 4.98 Å². The Morgan fingerprint density at radius 2 is 1.73 bits per heavy atom. The second-order valence-electron chi connectivity index (χ2n) is 7.11. The number of fused-ring (bicyclic) bond motifs is 2. The minimum Gasteiger partial charge on any atom is -0.436 e. The number of carbonyl (C=O) groups excluding carboxylic acids is 1. The first kappa shape index (κ1) is 18.4. The van der Waals surface area contributed by atoms with E-state index >= 15 is 0 Å². The van der Waals surface area contributed by atoms with E-state index in [-0.39, 0.29) is 5.91 Å². The molecule has 0 fully saturated rings. The molecule has 4 aromatic carbocycles. The van der Waals surface area contributed by atoms with E-state index in [1.165, 1.54) is 0 Å². The largest absolute Gasteiger partial charge is 0.436 e. The zero-order chi connectivity index (χ0) is 20.7. The van der Waals surface area contributed by atoms with Crippen LogP contribution in [0.15, 0.2) is 83.3 Å². The molecule has 146 valence electrons. The minimum atomic E-state index is -0.153. The van der Waals surface area contributed by atoms with E-state index in [0.29, 0.717) is 33.3 Å². The number of aryl methyl sites for hydroxylation is 1. The van der Waals surface area contributed by atoms with Gasteiger partial charge in [-0.15, -0.1) is 0 Å². The number of hydrogen-bond acceptors (Lipinski definition) is 3. The van der Waals surface area contributed by atoms with Gasteiger partial charge < -0.3 is 9.73 Å². The first-order chi connectivity index (χ1) is 14.6. The van der Waals surface area contributed by atoms with Crippen molar-refractivity contribution < 1.29 is 9.21 Å². The number of benzene rings is 4. The Kier molecular flexibility index (Phi) is 4.49. The number of nitrogens with zero attached hydrogens (tertiary/aromatic N) is 1. The summed E-state index contributed by atoms with van der Waals surface area (Å²) in [5.41, 5.74) is 4.43. The van der Waals surface area contributed by atoms with E-state index in [2.05, 4.69) is 10.3 Å². The molecule has 0 atom stereocenters. The van der Waals surface area contributed by atoms with E-state index in [1.807, 2.05) is 85.8 Å². The summed E-state index contributed by atoms with van der Waals surface area (Å²) >= 11 is 6.33. The third kappa shape index (κ3) is 3.21. The van der Waals surface area contributed by atoms with Crippen molar-refractivity contribution >= 4 is 45.1 Å². The van der Waals surface area contributed by atoms with E-state index in [0.717, 1.165) is 21.9 Å². The normalized spacial score (nSPS) is 11.1. The topological polar surface area (TPSA) is 55.1 Å². The first-order valence-corrected chi connectivity index (χ1v) is 9.93. The average molecular weight is 413 g/mol. The smallest absolute Gasteiger partial charge is 0.255 e. The first-order valence-electron chi connectivity index (χ1n) is 9.55. The minimum absolute atomic E-state index is 0.153. The lowest BCUT2D eigenvalue weighted by molar-refractivity contribution is 0.102. The van der Waals surface area contributed by atoms with Crippen LogP contribution >= 0.6 is 11.6 Å². The van der Waals surface area contributed by atoms with Crippen LogP contribution in [0.25, 0.3) is 33.3 Å². The molecule has 0 spiro atoms. The maximum absolute atomic E-state index is 12.6. The predicted octanol–water partition coefficient (Wildman–Crippen LogP) is 6.86. The molecular formula is C25H17ClN2O2. The van der Waals surface area contributed by atoms with E-state index < -0.39 is 0 Å². The Morgan fingerprint density at radius 1 is 0.933 bits per heavy atom. The van der Waals surface area contributed by atoms with E-state index in [9.17, 15) is 4.79 Å². The van der Waals surface area contributed by atoms with Gasteiger partial charge in [0.05, 0.1) is 0 Å². The zero-order valence-corrected chi connectivity index (χ0v) is 16.9. The summed E-state index contributed by atoms with van der Waals surface area (Å²) in [6.07, 6.45) is 0. The number of aromatic nitrogens is 1. The van der Waals surface area contributed by atoms with Gasteiger partial charge in [-0.2, -0.15) is 0 Å². The molecule has 1 N–H and O–H groups in total. The Balaban J connectivity index is 1.52. The number of amides is 1. The molecule has 0 aliphatic heterocycles. The summed E-state index contributed by atoms with van der Waals surface area (Å²) in [6, 6.07) is 24.6. The van der Waals surface area contributed by atoms with Gasteiger partial charge in [-0.05, 0) is 54.3 Å². The highest BCUT2D eigenvalue weighted by Gasteiger charge is 2.14. The van der Waals surface area contributed by atoms with Crippen LogP contribution in [0.2, 0.25) is 5.02 Å². The van der Waals surface area contributed by atoms with Gasteiger partial charge in [0.15, 0.2) is 5.58 Å². The van der Waals surface area contributed by atoms with Crippen LogP contribution in [0, 0.1) is 6.92 Å². The van der Waals surface area contributed by atoms with Crippen molar-refractivity contribution in [2.24, 2.45) is 0 Å².